The van der Waals surface area contributed by atoms with Crippen LogP contribution < -0.4 is 15.6 Å². The minimum Gasteiger partial charge on any atom is -0.453 e. The van der Waals surface area contributed by atoms with E-state index in [2.05, 4.69) is 4.98 Å². The molecular weight excluding hydrogens is 440 g/mol. The van der Waals surface area contributed by atoms with E-state index < -0.39 is 0 Å². The van der Waals surface area contributed by atoms with Crippen LogP contribution in [0.1, 0.15) is 41.7 Å². The molecule has 0 saturated heterocycles. The van der Waals surface area contributed by atoms with Gasteiger partial charge in [-0.15, -0.1) is 11.3 Å². The first-order valence-electron chi connectivity index (χ1n) is 10.4. The molecule has 1 aliphatic carbocycles. The fraction of sp³-hybridized carbons (Fsp3) is 0.208. The Morgan fingerprint density at radius 2 is 1.84 bits per heavy atom. The number of ether oxygens (including phenoxy) is 1. The summed E-state index contributed by atoms with van der Waals surface area (Å²) in [5.41, 5.74) is 9.19. The van der Waals surface area contributed by atoms with Gasteiger partial charge in [0.2, 0.25) is 5.13 Å². The molecule has 0 bridgehead atoms. The number of hydrogen-bond acceptors (Lipinski definition) is 8. The summed E-state index contributed by atoms with van der Waals surface area (Å²) in [6.45, 7) is 0. The van der Waals surface area contributed by atoms with Gasteiger partial charge >= 0.3 is 0 Å². The second-order valence-electron chi connectivity index (χ2n) is 7.45. The van der Waals surface area contributed by atoms with Gasteiger partial charge in [0.15, 0.2) is 12.0 Å². The molecule has 3 aromatic rings. The number of nitrogens with zero attached hydrogens (tertiary/aromatic N) is 2. The van der Waals surface area contributed by atoms with Crippen LogP contribution in [0.25, 0.3) is 5.70 Å². The predicted molar refractivity (Wildman–Crippen MR) is 131 cm³/mol. The van der Waals surface area contributed by atoms with E-state index in [1.54, 1.807) is 5.38 Å². The van der Waals surface area contributed by atoms with Gasteiger partial charge in [-0.25, -0.2) is 9.98 Å². The number of benzene rings is 2. The molecule has 1 fully saturated rings. The van der Waals surface area contributed by atoms with E-state index in [0.29, 0.717) is 28.0 Å². The van der Waals surface area contributed by atoms with Crippen molar-refractivity contribution in [1.29, 1.82) is 0 Å². The van der Waals surface area contributed by atoms with Crippen LogP contribution in [0.4, 0.5) is 5.13 Å². The number of allylic oxidation sites excluding steroid dienone is 1. The van der Waals surface area contributed by atoms with Crippen molar-refractivity contribution in [2.45, 2.75) is 30.6 Å². The second-order valence-corrected chi connectivity index (χ2v) is 9.00. The number of aliphatic imine (C=N–C) groups is 1. The molecule has 8 heteroatoms. The normalized spacial score (nSPS) is 15.5. The average molecular weight is 465 g/mol. The van der Waals surface area contributed by atoms with Crippen molar-refractivity contribution in [1.82, 2.24) is 4.98 Å². The summed E-state index contributed by atoms with van der Waals surface area (Å²) in [5.74, 6) is 1.38. The Kier molecular flexibility index (Phi) is 7.36. The molecule has 0 atom stereocenters. The molecule has 0 amide bonds. The van der Waals surface area contributed by atoms with Crippen molar-refractivity contribution in [3.05, 3.63) is 77.0 Å². The fourth-order valence-electron chi connectivity index (χ4n) is 3.71. The Morgan fingerprint density at radius 3 is 2.47 bits per heavy atom. The molecule has 1 aromatic heterocycles. The molecule has 0 aliphatic heterocycles. The highest BCUT2D eigenvalue weighted by Crippen LogP contribution is 2.34. The van der Waals surface area contributed by atoms with Crippen molar-refractivity contribution in [3.63, 3.8) is 0 Å². The van der Waals surface area contributed by atoms with Crippen LogP contribution >= 0.6 is 23.3 Å². The van der Waals surface area contributed by atoms with Gasteiger partial charge in [0.05, 0.1) is 11.4 Å². The maximum atomic E-state index is 11.1. The van der Waals surface area contributed by atoms with Crippen LogP contribution in [0.5, 0.6) is 5.75 Å². The molecule has 0 spiro atoms. The van der Waals surface area contributed by atoms with Crippen molar-refractivity contribution in [2.75, 3.05) is 0 Å². The first-order chi connectivity index (χ1) is 15.7. The molecule has 32 heavy (non-hydrogen) atoms. The van der Waals surface area contributed by atoms with Crippen LogP contribution in [-0.2, 0) is 0 Å². The summed E-state index contributed by atoms with van der Waals surface area (Å²) in [6.07, 6.45) is 4.99. The zero-order chi connectivity index (χ0) is 22.3. The van der Waals surface area contributed by atoms with Crippen LogP contribution in [0.3, 0.4) is 0 Å². The Hall–Kier alpha value is -2.94. The minimum atomic E-state index is 0.203. The summed E-state index contributed by atoms with van der Waals surface area (Å²) in [7, 11) is 0. The molecule has 1 heterocycles. The molecule has 4 N–H and O–H groups in total. The molecule has 1 saturated carbocycles. The SMILES string of the molecule is NSc1ccc(OC(C(=Nc2nc(C=O)cs2)C2CCCC2)=C(N)c2ccccc2)cc1. The summed E-state index contributed by atoms with van der Waals surface area (Å²) in [5, 5.41) is 7.87. The first-order valence-corrected chi connectivity index (χ1v) is 12.1. The van der Waals surface area contributed by atoms with Crippen molar-refractivity contribution < 1.29 is 9.53 Å². The summed E-state index contributed by atoms with van der Waals surface area (Å²) in [6, 6.07) is 17.3. The van der Waals surface area contributed by atoms with E-state index in [1.165, 1.54) is 23.3 Å². The molecule has 0 unspecified atom stereocenters. The Bertz CT molecular complexity index is 1120. The Labute approximate surface area is 195 Å². The van der Waals surface area contributed by atoms with Gasteiger partial charge < -0.3 is 10.5 Å². The Morgan fingerprint density at radius 1 is 1.12 bits per heavy atom. The molecule has 4 rings (SSSR count). The lowest BCUT2D eigenvalue weighted by Crippen LogP contribution is -2.22. The molecule has 0 radical (unpaired) electrons. The molecule has 164 valence electrons. The zero-order valence-corrected chi connectivity index (χ0v) is 19.1. The fourth-order valence-corrected chi connectivity index (χ4v) is 4.65. The number of carbonyl (C=O) groups is 1. The highest BCUT2D eigenvalue weighted by atomic mass is 32.2. The summed E-state index contributed by atoms with van der Waals surface area (Å²) < 4.78 is 6.39. The van der Waals surface area contributed by atoms with Gasteiger partial charge in [-0.1, -0.05) is 43.2 Å². The minimum absolute atomic E-state index is 0.203. The summed E-state index contributed by atoms with van der Waals surface area (Å²) in [4.78, 5) is 21.2. The number of thiazole rings is 1. The van der Waals surface area contributed by atoms with Gasteiger partial charge in [-0.3, -0.25) is 9.93 Å². The number of carbonyl (C=O) groups excluding carboxylic acids is 1. The predicted octanol–water partition coefficient (Wildman–Crippen LogP) is 5.59. The third-order valence-corrected chi connectivity index (χ3v) is 6.63. The lowest BCUT2D eigenvalue weighted by Gasteiger charge is -2.20. The topological polar surface area (TPSA) is 104 Å². The lowest BCUT2D eigenvalue weighted by molar-refractivity contribution is 0.111. The lowest BCUT2D eigenvalue weighted by atomic mass is 9.97. The van der Waals surface area contributed by atoms with Gasteiger partial charge in [-0.2, -0.15) is 0 Å². The molecule has 1 aliphatic rings. The Balaban J connectivity index is 1.82. The smallest absolute Gasteiger partial charge is 0.210 e. The van der Waals surface area contributed by atoms with Crippen LogP contribution in [0, 0.1) is 5.92 Å². The standard InChI is InChI=1S/C24H24N4O2S2/c25-21(16-6-2-1-3-7-16)23(30-19-10-12-20(32-26)13-11-19)22(17-8-4-5-9-17)28-24-27-18(14-29)15-31-24/h1-3,6-7,10-15,17H,4-5,8-9,25-26H2. The maximum Gasteiger partial charge on any atom is 0.210 e. The number of nitrogens with two attached hydrogens (primary N) is 2. The molecule has 6 nitrogen and oxygen atoms in total. The van der Waals surface area contributed by atoms with Crippen LogP contribution in [0.2, 0.25) is 0 Å². The second kappa shape index (κ2) is 10.6. The quantitative estimate of drug-likeness (QED) is 0.195. The highest BCUT2D eigenvalue weighted by molar-refractivity contribution is 7.97. The number of aromatic nitrogens is 1. The van der Waals surface area contributed by atoms with Crippen LogP contribution in [0.15, 0.2) is 75.6 Å². The monoisotopic (exact) mass is 464 g/mol. The highest BCUT2D eigenvalue weighted by Gasteiger charge is 2.28. The molecule has 2 aromatic carbocycles. The maximum absolute atomic E-state index is 11.1. The van der Waals surface area contributed by atoms with Gasteiger partial charge in [-0.05, 0) is 49.1 Å². The first kappa shape index (κ1) is 22.3. The van der Waals surface area contributed by atoms with Gasteiger partial charge in [0.1, 0.15) is 11.4 Å². The average Bonchev–Trinajstić information content (AvgIpc) is 3.54. The van der Waals surface area contributed by atoms with Crippen molar-refractivity contribution in [3.8, 4) is 5.75 Å². The van der Waals surface area contributed by atoms with E-state index in [0.717, 1.165) is 48.1 Å². The number of aldehydes is 1. The number of rotatable bonds is 8. The van der Waals surface area contributed by atoms with Crippen LogP contribution in [-0.4, -0.2) is 17.0 Å². The van der Waals surface area contributed by atoms with Gasteiger partial charge in [0, 0.05) is 21.8 Å². The largest absolute Gasteiger partial charge is 0.453 e. The van der Waals surface area contributed by atoms with E-state index in [9.17, 15) is 4.79 Å². The third-order valence-electron chi connectivity index (χ3n) is 5.33. The number of hydrogen-bond donors (Lipinski definition) is 2. The van der Waals surface area contributed by atoms with E-state index in [4.69, 9.17) is 20.6 Å². The summed E-state index contributed by atoms with van der Waals surface area (Å²) >= 11 is 2.51. The molecular formula is C24H24N4O2S2. The van der Waals surface area contributed by atoms with Crippen molar-refractivity contribution >= 4 is 46.1 Å². The van der Waals surface area contributed by atoms with E-state index in [-0.39, 0.29) is 5.92 Å². The zero-order valence-electron chi connectivity index (χ0n) is 17.4. The van der Waals surface area contributed by atoms with Gasteiger partial charge in [0.25, 0.3) is 0 Å². The van der Waals surface area contributed by atoms with E-state index >= 15 is 0 Å². The van der Waals surface area contributed by atoms with E-state index in [1.807, 2.05) is 54.6 Å². The van der Waals surface area contributed by atoms with Crippen molar-refractivity contribution in [2.24, 2.45) is 21.8 Å². The third kappa shape index (κ3) is 5.27.